The number of nitrogens with one attached hydrogen (secondary N) is 1. The number of rotatable bonds is 5. The van der Waals surface area contributed by atoms with Crippen LogP contribution in [0.1, 0.15) is 28.7 Å². The van der Waals surface area contributed by atoms with Gasteiger partial charge in [-0.2, -0.15) is 5.10 Å². The van der Waals surface area contributed by atoms with E-state index in [9.17, 15) is 9.59 Å². The Kier molecular flexibility index (Phi) is 5.08. The third-order valence-electron chi connectivity index (χ3n) is 4.49. The molecule has 4 heterocycles. The molecule has 0 aliphatic heterocycles. The maximum Gasteiger partial charge on any atom is 0.339 e. The molecule has 4 aromatic heterocycles. The normalized spacial score (nSPS) is 12.1. The van der Waals surface area contributed by atoms with Crippen LogP contribution in [0, 0.1) is 13.8 Å². The monoisotopic (exact) mass is 425 g/mol. The number of pyridine rings is 1. The lowest BCUT2D eigenvalue weighted by Crippen LogP contribution is -2.30. The second-order valence-electron chi connectivity index (χ2n) is 6.80. The Bertz CT molecular complexity index is 1240. The average molecular weight is 425 g/mol. The minimum absolute atomic E-state index is 0.259. The number of hydrogen-bond acceptors (Lipinski definition) is 8. The number of nitrogens with zero attached hydrogens (tertiary/aromatic N) is 4. The molecular weight excluding hydrogens is 406 g/mol. The summed E-state index contributed by atoms with van der Waals surface area (Å²) in [5, 5.41) is 13.2. The summed E-state index contributed by atoms with van der Waals surface area (Å²) >= 11 is 1.52. The van der Waals surface area contributed by atoms with E-state index in [1.54, 1.807) is 37.7 Å². The van der Waals surface area contributed by atoms with Crippen molar-refractivity contribution in [1.82, 2.24) is 19.9 Å². The average Bonchev–Trinajstić information content (AvgIpc) is 3.43. The summed E-state index contributed by atoms with van der Waals surface area (Å²) in [5.41, 5.74) is 2.17. The molecule has 1 unspecified atom stereocenters. The van der Waals surface area contributed by atoms with Crippen LogP contribution >= 0.6 is 11.3 Å². The van der Waals surface area contributed by atoms with Gasteiger partial charge >= 0.3 is 5.97 Å². The maximum atomic E-state index is 13.0. The zero-order valence-corrected chi connectivity index (χ0v) is 17.6. The van der Waals surface area contributed by atoms with Gasteiger partial charge in [0.2, 0.25) is 0 Å². The zero-order chi connectivity index (χ0) is 21.4. The van der Waals surface area contributed by atoms with Gasteiger partial charge in [-0.25, -0.2) is 9.78 Å². The smallest absolute Gasteiger partial charge is 0.339 e. The molecular formula is C20H19N5O4S. The van der Waals surface area contributed by atoms with E-state index in [2.05, 4.69) is 20.6 Å². The van der Waals surface area contributed by atoms with Gasteiger partial charge in [-0.05, 0) is 38.3 Å². The highest BCUT2D eigenvalue weighted by Crippen LogP contribution is 2.29. The number of thiophene rings is 1. The first-order valence-corrected chi connectivity index (χ1v) is 10.0. The molecule has 0 saturated heterocycles. The lowest BCUT2D eigenvalue weighted by atomic mass is 10.1. The van der Waals surface area contributed by atoms with Gasteiger partial charge in [0.25, 0.3) is 5.91 Å². The van der Waals surface area contributed by atoms with E-state index in [1.807, 2.05) is 17.5 Å². The van der Waals surface area contributed by atoms with Gasteiger partial charge in [-0.3, -0.25) is 9.48 Å². The number of fused-ring (bicyclic) bond motifs is 1. The van der Waals surface area contributed by atoms with Crippen molar-refractivity contribution in [2.75, 3.05) is 5.32 Å². The topological polar surface area (TPSA) is 112 Å². The van der Waals surface area contributed by atoms with E-state index in [1.165, 1.54) is 18.3 Å². The molecule has 0 saturated carbocycles. The van der Waals surface area contributed by atoms with Crippen LogP contribution in [0.5, 0.6) is 0 Å². The number of anilines is 1. The molecule has 4 rings (SSSR count). The number of hydrogen-bond donors (Lipinski definition) is 1. The van der Waals surface area contributed by atoms with Crippen LogP contribution < -0.4 is 5.32 Å². The van der Waals surface area contributed by atoms with Crippen LogP contribution in [0.3, 0.4) is 0 Å². The second-order valence-corrected chi connectivity index (χ2v) is 7.75. The fourth-order valence-electron chi connectivity index (χ4n) is 3.09. The molecule has 0 aliphatic carbocycles. The fourth-order valence-corrected chi connectivity index (χ4v) is 3.77. The molecule has 0 aromatic carbocycles. The molecule has 1 amide bonds. The molecule has 1 atom stereocenters. The first kappa shape index (κ1) is 19.8. The Morgan fingerprint density at radius 2 is 2.10 bits per heavy atom. The largest absolute Gasteiger partial charge is 0.449 e. The lowest BCUT2D eigenvalue weighted by molar-refractivity contribution is -0.123. The van der Waals surface area contributed by atoms with E-state index in [-0.39, 0.29) is 5.82 Å². The van der Waals surface area contributed by atoms with Crippen LogP contribution in [0.4, 0.5) is 5.82 Å². The summed E-state index contributed by atoms with van der Waals surface area (Å²) in [6.07, 6.45) is -1.04. The van der Waals surface area contributed by atoms with Crippen molar-refractivity contribution in [2.45, 2.75) is 26.9 Å². The van der Waals surface area contributed by atoms with Gasteiger partial charge in [0.1, 0.15) is 5.76 Å². The number of esters is 1. The van der Waals surface area contributed by atoms with Gasteiger partial charge in [0.05, 0.1) is 27.2 Å². The molecule has 0 fully saturated rings. The molecule has 0 bridgehead atoms. The quantitative estimate of drug-likeness (QED) is 0.487. The Morgan fingerprint density at radius 1 is 1.30 bits per heavy atom. The standard InChI is InChI=1S/C20H19N5O4S/c1-10-8-16(24-29-10)22-19(26)12(3)28-20(27)13-9-14(15-6-5-7-30-15)21-18-17(13)11(2)23-25(18)4/h5-9,12H,1-4H3,(H,22,24,26). The molecule has 4 aromatic rings. The highest BCUT2D eigenvalue weighted by molar-refractivity contribution is 7.13. The van der Waals surface area contributed by atoms with Crippen LogP contribution in [-0.4, -0.2) is 37.9 Å². The summed E-state index contributed by atoms with van der Waals surface area (Å²) in [5.74, 6) is -0.323. The number of carbonyl (C=O) groups is 2. The predicted molar refractivity (Wildman–Crippen MR) is 111 cm³/mol. The van der Waals surface area contributed by atoms with Crippen LogP contribution in [0.15, 0.2) is 34.2 Å². The molecule has 9 nitrogen and oxygen atoms in total. The molecule has 0 radical (unpaired) electrons. The van der Waals surface area contributed by atoms with Crippen molar-refractivity contribution in [3.05, 3.63) is 46.7 Å². The molecule has 1 N–H and O–H groups in total. The number of carbonyl (C=O) groups excluding carboxylic acids is 2. The van der Waals surface area contributed by atoms with Gasteiger partial charge in [-0.15, -0.1) is 11.3 Å². The first-order chi connectivity index (χ1) is 14.3. The third-order valence-corrected chi connectivity index (χ3v) is 5.39. The maximum absolute atomic E-state index is 13.0. The van der Waals surface area contributed by atoms with Gasteiger partial charge < -0.3 is 14.6 Å². The minimum atomic E-state index is -1.04. The van der Waals surface area contributed by atoms with E-state index < -0.39 is 18.0 Å². The number of aromatic nitrogens is 4. The predicted octanol–water partition coefficient (Wildman–Crippen LogP) is 3.49. The highest BCUT2D eigenvalue weighted by Gasteiger charge is 2.25. The van der Waals surface area contributed by atoms with Crippen molar-refractivity contribution in [2.24, 2.45) is 7.05 Å². The van der Waals surface area contributed by atoms with E-state index in [0.717, 1.165) is 4.88 Å². The Morgan fingerprint density at radius 3 is 2.77 bits per heavy atom. The van der Waals surface area contributed by atoms with Crippen molar-refractivity contribution in [3.8, 4) is 10.6 Å². The van der Waals surface area contributed by atoms with E-state index in [0.29, 0.717) is 33.7 Å². The second kappa shape index (κ2) is 7.71. The van der Waals surface area contributed by atoms with Crippen molar-refractivity contribution in [3.63, 3.8) is 0 Å². The van der Waals surface area contributed by atoms with Crippen molar-refractivity contribution in [1.29, 1.82) is 0 Å². The summed E-state index contributed by atoms with van der Waals surface area (Å²) in [6, 6.07) is 7.09. The minimum Gasteiger partial charge on any atom is -0.449 e. The summed E-state index contributed by atoms with van der Waals surface area (Å²) in [6.45, 7) is 5.01. The van der Waals surface area contributed by atoms with Crippen molar-refractivity contribution >= 4 is 40.1 Å². The fraction of sp³-hybridized carbons (Fsp3) is 0.250. The lowest BCUT2D eigenvalue weighted by Gasteiger charge is -2.13. The van der Waals surface area contributed by atoms with E-state index >= 15 is 0 Å². The summed E-state index contributed by atoms with van der Waals surface area (Å²) in [7, 11) is 1.77. The number of ether oxygens (including phenoxy) is 1. The molecule has 154 valence electrons. The van der Waals surface area contributed by atoms with E-state index in [4.69, 9.17) is 9.26 Å². The molecule has 30 heavy (non-hydrogen) atoms. The van der Waals surface area contributed by atoms with Gasteiger partial charge in [0, 0.05) is 13.1 Å². The Labute approximate surface area is 175 Å². The Hall–Kier alpha value is -3.53. The van der Waals surface area contributed by atoms with Crippen LogP contribution in [0.2, 0.25) is 0 Å². The Balaban J connectivity index is 1.64. The number of aryl methyl sites for hydroxylation is 3. The summed E-state index contributed by atoms with van der Waals surface area (Å²) in [4.78, 5) is 31.0. The SMILES string of the molecule is Cc1cc(NC(=O)C(C)OC(=O)c2cc(-c3cccs3)nc3c2c(C)nn3C)no1. The molecule has 0 spiro atoms. The van der Waals surface area contributed by atoms with Crippen LogP contribution in [-0.2, 0) is 16.6 Å². The molecule has 10 heteroatoms. The zero-order valence-electron chi connectivity index (χ0n) is 16.8. The first-order valence-electron chi connectivity index (χ1n) is 9.17. The van der Waals surface area contributed by atoms with Gasteiger partial charge in [-0.1, -0.05) is 11.2 Å². The molecule has 0 aliphatic rings. The number of amides is 1. The van der Waals surface area contributed by atoms with Gasteiger partial charge in [0.15, 0.2) is 17.6 Å². The third kappa shape index (κ3) is 3.69. The highest BCUT2D eigenvalue weighted by atomic mass is 32.1. The van der Waals surface area contributed by atoms with Crippen molar-refractivity contribution < 1.29 is 18.8 Å². The summed E-state index contributed by atoms with van der Waals surface area (Å²) < 4.78 is 12.0. The van der Waals surface area contributed by atoms with Crippen LogP contribution in [0.25, 0.3) is 21.6 Å².